The summed E-state index contributed by atoms with van der Waals surface area (Å²) in [6, 6.07) is 3.91. The van der Waals surface area contributed by atoms with Crippen molar-refractivity contribution in [2.24, 2.45) is 0 Å². The van der Waals surface area contributed by atoms with Crippen LogP contribution < -0.4 is 27.0 Å². The molecule has 0 aliphatic carbocycles. The Morgan fingerprint density at radius 3 is 2.64 bits per heavy atom. The minimum atomic E-state index is -0.855. The summed E-state index contributed by atoms with van der Waals surface area (Å²) in [6.07, 6.45) is 0. The number of benzene rings is 1. The van der Waals surface area contributed by atoms with Crippen LogP contribution in [-0.2, 0) is 4.74 Å². The number of nitrogens with two attached hydrogens (primary N) is 1. The Labute approximate surface area is 164 Å². The third-order valence-electron chi connectivity index (χ3n) is 3.52. The number of nitrogen functional groups attached to an aromatic ring is 1. The Morgan fingerprint density at radius 1 is 1.29 bits per heavy atom. The number of rotatable bonds is 7. The third kappa shape index (κ3) is 5.13. The molecule has 0 saturated heterocycles. The number of carbonyl (C=O) groups is 2. The molecule has 150 valence electrons. The second-order valence-corrected chi connectivity index (χ2v) is 6.16. The van der Waals surface area contributed by atoms with Crippen molar-refractivity contribution >= 4 is 29.2 Å². The predicted molar refractivity (Wildman–Crippen MR) is 102 cm³/mol. The van der Waals surface area contributed by atoms with E-state index in [4.69, 9.17) is 26.8 Å². The molecule has 0 saturated carbocycles. The zero-order valence-corrected chi connectivity index (χ0v) is 15.9. The molecule has 28 heavy (non-hydrogen) atoms. The van der Waals surface area contributed by atoms with Gasteiger partial charge in [0.2, 0.25) is 0 Å². The minimum absolute atomic E-state index is 0.0253. The smallest absolute Gasteiger partial charge is 0.338 e. The fourth-order valence-electron chi connectivity index (χ4n) is 2.19. The number of ether oxygens (including phenoxy) is 2. The molecule has 10 nitrogen and oxygen atoms in total. The zero-order chi connectivity index (χ0) is 20.8. The Balaban J connectivity index is 2.00. The van der Waals surface area contributed by atoms with E-state index >= 15 is 0 Å². The first-order chi connectivity index (χ1) is 13.2. The number of amides is 1. The number of aromatic nitrogens is 2. The van der Waals surface area contributed by atoms with Crippen LogP contribution in [0.25, 0.3) is 0 Å². The molecule has 0 spiro atoms. The summed E-state index contributed by atoms with van der Waals surface area (Å²) in [7, 11) is 0. The van der Waals surface area contributed by atoms with Crippen molar-refractivity contribution in [2.75, 3.05) is 18.9 Å². The molecular formula is C17H19ClN4O6. The highest BCUT2D eigenvalue weighted by Gasteiger charge is 2.17. The average Bonchev–Trinajstić information content (AvgIpc) is 2.63. The Bertz CT molecular complexity index is 1000. The van der Waals surface area contributed by atoms with Crippen molar-refractivity contribution in [1.29, 1.82) is 0 Å². The minimum Gasteiger partial charge on any atom is -0.490 e. The molecule has 5 N–H and O–H groups in total. The first kappa shape index (κ1) is 21.0. The van der Waals surface area contributed by atoms with Gasteiger partial charge in [-0.2, -0.15) is 0 Å². The summed E-state index contributed by atoms with van der Waals surface area (Å²) in [5, 5.41) is 2.74. The molecular weight excluding hydrogens is 392 g/mol. The highest BCUT2D eigenvalue weighted by Crippen LogP contribution is 2.26. The van der Waals surface area contributed by atoms with Gasteiger partial charge in [-0.3, -0.25) is 14.6 Å². The van der Waals surface area contributed by atoms with Gasteiger partial charge >= 0.3 is 11.7 Å². The van der Waals surface area contributed by atoms with Crippen molar-refractivity contribution in [2.45, 2.75) is 19.9 Å². The molecule has 0 unspecified atom stereocenters. The van der Waals surface area contributed by atoms with E-state index in [1.807, 2.05) is 4.98 Å². The molecule has 2 aromatic rings. The van der Waals surface area contributed by atoms with Crippen LogP contribution in [-0.4, -0.2) is 41.1 Å². The molecule has 0 fully saturated rings. The Morgan fingerprint density at radius 2 is 2.00 bits per heavy atom. The quantitative estimate of drug-likeness (QED) is 0.488. The summed E-state index contributed by atoms with van der Waals surface area (Å²) in [4.78, 5) is 50.7. The molecule has 0 radical (unpaired) electrons. The fourth-order valence-corrected chi connectivity index (χ4v) is 2.42. The number of halogens is 1. The number of carbonyl (C=O) groups excluding carboxylic acids is 2. The second kappa shape index (κ2) is 9.09. The molecule has 1 aromatic heterocycles. The second-order valence-electron chi connectivity index (χ2n) is 5.75. The lowest BCUT2D eigenvalue weighted by Gasteiger charge is -2.16. The van der Waals surface area contributed by atoms with Gasteiger partial charge in [0.1, 0.15) is 23.7 Å². The summed E-state index contributed by atoms with van der Waals surface area (Å²) in [6.45, 7) is 3.61. The van der Waals surface area contributed by atoms with Gasteiger partial charge in [0.15, 0.2) is 0 Å². The van der Waals surface area contributed by atoms with Gasteiger partial charge < -0.3 is 25.5 Å². The van der Waals surface area contributed by atoms with Crippen LogP contribution >= 0.6 is 11.6 Å². The lowest BCUT2D eigenvalue weighted by atomic mass is 10.2. The molecule has 1 amide bonds. The van der Waals surface area contributed by atoms with E-state index in [0.717, 1.165) is 0 Å². The highest BCUT2D eigenvalue weighted by atomic mass is 35.5. The van der Waals surface area contributed by atoms with Gasteiger partial charge in [0, 0.05) is 0 Å². The van der Waals surface area contributed by atoms with Crippen molar-refractivity contribution < 1.29 is 19.1 Å². The van der Waals surface area contributed by atoms with E-state index in [9.17, 15) is 19.2 Å². The number of esters is 1. The summed E-state index contributed by atoms with van der Waals surface area (Å²) in [5.41, 5.74) is 3.36. The number of nitrogens with one attached hydrogen (secondary N) is 3. The van der Waals surface area contributed by atoms with E-state index < -0.39 is 34.9 Å². The molecule has 1 heterocycles. The highest BCUT2D eigenvalue weighted by molar-refractivity contribution is 6.32. The predicted octanol–water partition coefficient (Wildman–Crippen LogP) is 0.673. The standard InChI is InChI=1S/C17H19ClN4O6/c1-3-27-16(25)9-4-5-11(10(18)6-9)28-7-8(2)20-15(24)13-12(19)14(23)22-17(26)21-13/h4-6,8H,3,7,19H2,1-2H3,(H,20,24)(H2,21,22,23,26)/t8-/m1/s1. The summed E-state index contributed by atoms with van der Waals surface area (Å²) >= 11 is 6.10. The maximum atomic E-state index is 12.2. The van der Waals surface area contributed by atoms with Crippen LogP contribution in [0.2, 0.25) is 5.02 Å². The Hall–Kier alpha value is -3.27. The average molecular weight is 411 g/mol. The first-order valence-corrected chi connectivity index (χ1v) is 8.63. The van der Waals surface area contributed by atoms with Crippen LogP contribution in [0, 0.1) is 0 Å². The SMILES string of the molecule is CCOC(=O)c1ccc(OC[C@@H](C)NC(=O)c2[nH]c(=O)[nH]c(=O)c2N)c(Cl)c1. The fraction of sp³-hybridized carbons (Fsp3) is 0.294. The van der Waals surface area contributed by atoms with Gasteiger partial charge in [-0.1, -0.05) is 11.6 Å². The lowest BCUT2D eigenvalue weighted by Crippen LogP contribution is -2.40. The third-order valence-corrected chi connectivity index (χ3v) is 3.81. The summed E-state index contributed by atoms with van der Waals surface area (Å²) in [5.74, 6) is -0.929. The molecule has 1 aromatic carbocycles. The molecule has 0 aliphatic heterocycles. The van der Waals surface area contributed by atoms with Crippen LogP contribution in [0.5, 0.6) is 5.75 Å². The van der Waals surface area contributed by atoms with Gasteiger partial charge in [0.25, 0.3) is 11.5 Å². The molecule has 11 heteroatoms. The lowest BCUT2D eigenvalue weighted by molar-refractivity contribution is 0.0526. The van der Waals surface area contributed by atoms with Gasteiger partial charge in [-0.25, -0.2) is 9.59 Å². The van der Waals surface area contributed by atoms with E-state index in [0.29, 0.717) is 5.75 Å². The number of H-pyrrole nitrogens is 2. The topological polar surface area (TPSA) is 156 Å². The van der Waals surface area contributed by atoms with Gasteiger partial charge in [0.05, 0.1) is 23.2 Å². The van der Waals surface area contributed by atoms with Crippen molar-refractivity contribution in [1.82, 2.24) is 15.3 Å². The molecule has 1 atom stereocenters. The summed E-state index contributed by atoms with van der Waals surface area (Å²) < 4.78 is 10.4. The maximum absolute atomic E-state index is 12.2. The van der Waals surface area contributed by atoms with E-state index in [1.54, 1.807) is 13.8 Å². The van der Waals surface area contributed by atoms with Crippen LogP contribution in [0.15, 0.2) is 27.8 Å². The van der Waals surface area contributed by atoms with Crippen molar-refractivity contribution in [3.05, 3.63) is 55.3 Å². The molecule has 0 aliphatic rings. The monoisotopic (exact) mass is 410 g/mol. The van der Waals surface area contributed by atoms with E-state index in [-0.39, 0.29) is 29.5 Å². The van der Waals surface area contributed by atoms with E-state index in [2.05, 4.69) is 10.3 Å². The number of hydrogen-bond donors (Lipinski definition) is 4. The van der Waals surface area contributed by atoms with Crippen LogP contribution in [0.1, 0.15) is 34.7 Å². The van der Waals surface area contributed by atoms with E-state index in [1.165, 1.54) is 18.2 Å². The van der Waals surface area contributed by atoms with Crippen molar-refractivity contribution in [3.8, 4) is 5.75 Å². The van der Waals surface area contributed by atoms with Crippen molar-refractivity contribution in [3.63, 3.8) is 0 Å². The van der Waals surface area contributed by atoms with Gasteiger partial charge in [-0.05, 0) is 32.0 Å². The van der Waals surface area contributed by atoms with Gasteiger partial charge in [-0.15, -0.1) is 0 Å². The zero-order valence-electron chi connectivity index (χ0n) is 15.1. The van der Waals surface area contributed by atoms with Crippen LogP contribution in [0.4, 0.5) is 5.69 Å². The molecule has 2 rings (SSSR count). The first-order valence-electron chi connectivity index (χ1n) is 8.25. The molecule has 0 bridgehead atoms. The number of hydrogen-bond acceptors (Lipinski definition) is 7. The normalized spacial score (nSPS) is 11.5. The maximum Gasteiger partial charge on any atom is 0.338 e. The Kier molecular flexibility index (Phi) is 6.83. The number of aromatic amines is 2. The number of anilines is 1. The largest absolute Gasteiger partial charge is 0.490 e. The van der Waals surface area contributed by atoms with Crippen LogP contribution in [0.3, 0.4) is 0 Å².